The van der Waals surface area contributed by atoms with Crippen LogP contribution in [0.15, 0.2) is 42.5 Å². The van der Waals surface area contributed by atoms with E-state index in [9.17, 15) is 4.79 Å². The lowest BCUT2D eigenvalue weighted by atomic mass is 9.87. The fourth-order valence-electron chi connectivity index (χ4n) is 2.74. The number of fused-ring (bicyclic) bond motifs is 2. The highest BCUT2D eigenvalue weighted by Gasteiger charge is 2.24. The maximum atomic E-state index is 11.7. The summed E-state index contributed by atoms with van der Waals surface area (Å²) in [6.07, 6.45) is 1.02. The van der Waals surface area contributed by atoms with E-state index >= 15 is 0 Å². The zero-order valence-corrected chi connectivity index (χ0v) is 11.8. The molecule has 0 unspecified atom stereocenters. The van der Waals surface area contributed by atoms with Crippen LogP contribution in [0, 0.1) is 0 Å². The average Bonchev–Trinajstić information content (AvgIpc) is 2.62. The van der Waals surface area contributed by atoms with Gasteiger partial charge in [-0.25, -0.2) is 0 Å². The Bertz CT molecular complexity index is 644. The van der Waals surface area contributed by atoms with Crippen molar-refractivity contribution in [3.63, 3.8) is 0 Å². The minimum Gasteiger partial charge on any atom is -0.489 e. The summed E-state index contributed by atoms with van der Waals surface area (Å²) in [6, 6.07) is 14.2. The first-order valence-electron chi connectivity index (χ1n) is 7.00. The molecule has 1 aliphatic heterocycles. The summed E-state index contributed by atoms with van der Waals surface area (Å²) >= 11 is 0. The maximum Gasteiger partial charge on any atom is 0.132 e. The summed E-state index contributed by atoms with van der Waals surface area (Å²) in [5.74, 6) is 1.02. The molecule has 0 saturated heterocycles. The van der Waals surface area contributed by atoms with E-state index < -0.39 is 0 Å². The number of rotatable bonds is 2. The van der Waals surface area contributed by atoms with Crippen molar-refractivity contribution in [2.24, 2.45) is 0 Å². The van der Waals surface area contributed by atoms with Crippen LogP contribution in [0.4, 0.5) is 0 Å². The second kappa shape index (κ2) is 5.12. The van der Waals surface area contributed by atoms with Gasteiger partial charge in [0.1, 0.15) is 18.6 Å². The lowest BCUT2D eigenvalue weighted by Gasteiger charge is -2.15. The van der Waals surface area contributed by atoms with Crippen molar-refractivity contribution in [3.8, 4) is 5.75 Å². The van der Waals surface area contributed by atoms with Gasteiger partial charge in [-0.2, -0.15) is 0 Å². The summed E-state index contributed by atoms with van der Waals surface area (Å²) in [5.41, 5.74) is 4.36. The van der Waals surface area contributed by atoms with E-state index in [0.29, 0.717) is 12.5 Å². The van der Waals surface area contributed by atoms with E-state index in [1.165, 1.54) is 5.56 Å². The molecule has 20 heavy (non-hydrogen) atoms. The number of hydrogen-bond donors (Lipinski definition) is 0. The molecular formula is C18H18O2. The Morgan fingerprint density at radius 2 is 1.95 bits per heavy atom. The highest BCUT2D eigenvalue weighted by molar-refractivity contribution is 5.72. The van der Waals surface area contributed by atoms with Gasteiger partial charge in [-0.15, -0.1) is 0 Å². The molecule has 2 heteroatoms. The minimum absolute atomic E-state index is 0.234. The first-order chi connectivity index (χ1) is 9.70. The Morgan fingerprint density at radius 3 is 2.70 bits per heavy atom. The van der Waals surface area contributed by atoms with Gasteiger partial charge in [0, 0.05) is 5.56 Å². The Labute approximate surface area is 119 Å². The van der Waals surface area contributed by atoms with E-state index in [1.807, 2.05) is 30.3 Å². The van der Waals surface area contributed by atoms with Crippen LogP contribution in [0.2, 0.25) is 0 Å². The van der Waals surface area contributed by atoms with Crippen molar-refractivity contribution in [2.45, 2.75) is 32.3 Å². The van der Waals surface area contributed by atoms with Crippen LogP contribution in [-0.2, 0) is 11.4 Å². The average molecular weight is 266 g/mol. The largest absolute Gasteiger partial charge is 0.489 e. The van der Waals surface area contributed by atoms with Crippen molar-refractivity contribution in [1.29, 1.82) is 0 Å². The molecule has 0 amide bonds. The SMILES string of the molecule is CC(C)c1ccc2c(c1)[C@@H](C=O)c1ccccc1CO2. The number of aldehydes is 1. The van der Waals surface area contributed by atoms with Gasteiger partial charge in [0.15, 0.2) is 0 Å². The van der Waals surface area contributed by atoms with E-state index in [0.717, 1.165) is 28.7 Å². The molecule has 1 heterocycles. The molecule has 2 nitrogen and oxygen atoms in total. The highest BCUT2D eigenvalue weighted by Crippen LogP contribution is 2.37. The third-order valence-electron chi connectivity index (χ3n) is 3.94. The van der Waals surface area contributed by atoms with E-state index in [4.69, 9.17) is 4.74 Å². The normalized spacial score (nSPS) is 16.9. The fourth-order valence-corrected chi connectivity index (χ4v) is 2.74. The van der Waals surface area contributed by atoms with Crippen molar-refractivity contribution in [3.05, 3.63) is 64.7 Å². The predicted octanol–water partition coefficient (Wildman–Crippen LogP) is 4.03. The number of ether oxygens (including phenoxy) is 1. The van der Waals surface area contributed by atoms with E-state index in [1.54, 1.807) is 0 Å². The maximum absolute atomic E-state index is 11.7. The first-order valence-corrected chi connectivity index (χ1v) is 7.00. The molecule has 0 spiro atoms. The smallest absolute Gasteiger partial charge is 0.132 e. The Kier molecular flexibility index (Phi) is 3.31. The molecule has 0 radical (unpaired) electrons. The molecule has 0 saturated carbocycles. The van der Waals surface area contributed by atoms with Gasteiger partial charge in [0.25, 0.3) is 0 Å². The molecular weight excluding hydrogens is 248 g/mol. The van der Waals surface area contributed by atoms with Crippen molar-refractivity contribution < 1.29 is 9.53 Å². The number of carbonyl (C=O) groups is 1. The lowest BCUT2D eigenvalue weighted by Crippen LogP contribution is -2.04. The van der Waals surface area contributed by atoms with Crippen molar-refractivity contribution in [1.82, 2.24) is 0 Å². The van der Waals surface area contributed by atoms with Crippen LogP contribution in [0.5, 0.6) is 5.75 Å². The molecule has 0 bridgehead atoms. The van der Waals surface area contributed by atoms with E-state index in [2.05, 4.69) is 26.0 Å². The van der Waals surface area contributed by atoms with Crippen LogP contribution in [0.1, 0.15) is 47.9 Å². The highest BCUT2D eigenvalue weighted by atomic mass is 16.5. The summed E-state index contributed by atoms with van der Waals surface area (Å²) in [7, 11) is 0. The predicted molar refractivity (Wildman–Crippen MR) is 79.2 cm³/mol. The van der Waals surface area contributed by atoms with Crippen LogP contribution in [0.3, 0.4) is 0 Å². The number of hydrogen-bond acceptors (Lipinski definition) is 2. The molecule has 2 aromatic rings. The van der Waals surface area contributed by atoms with Crippen molar-refractivity contribution in [2.75, 3.05) is 0 Å². The second-order valence-corrected chi connectivity index (χ2v) is 5.55. The van der Waals surface area contributed by atoms with Gasteiger partial charge >= 0.3 is 0 Å². The number of benzene rings is 2. The number of carbonyl (C=O) groups excluding carboxylic acids is 1. The molecule has 2 aromatic carbocycles. The summed E-state index contributed by atoms with van der Waals surface area (Å²) in [5, 5.41) is 0. The molecule has 0 aliphatic carbocycles. The molecule has 102 valence electrons. The molecule has 3 rings (SSSR count). The van der Waals surface area contributed by atoms with Crippen LogP contribution in [-0.4, -0.2) is 6.29 Å². The van der Waals surface area contributed by atoms with Gasteiger partial charge in [-0.1, -0.05) is 50.2 Å². The standard InChI is InChI=1S/C18H18O2/c1-12(2)13-7-8-18-16(9-13)17(10-19)15-6-4-3-5-14(15)11-20-18/h3-10,12,17H,11H2,1-2H3/t17-/m0/s1. The summed E-state index contributed by atoms with van der Waals surface area (Å²) in [4.78, 5) is 11.7. The summed E-state index contributed by atoms with van der Waals surface area (Å²) in [6.45, 7) is 4.83. The molecule has 0 N–H and O–H groups in total. The molecule has 1 atom stereocenters. The Balaban J connectivity index is 2.18. The van der Waals surface area contributed by atoms with Gasteiger partial charge in [-0.05, 0) is 28.7 Å². The summed E-state index contributed by atoms with van der Waals surface area (Å²) < 4.78 is 5.88. The third kappa shape index (κ3) is 2.11. The Hall–Kier alpha value is -2.09. The van der Waals surface area contributed by atoms with Gasteiger partial charge in [-0.3, -0.25) is 0 Å². The third-order valence-corrected chi connectivity index (χ3v) is 3.94. The van der Waals surface area contributed by atoms with E-state index in [-0.39, 0.29) is 5.92 Å². The topological polar surface area (TPSA) is 26.3 Å². The zero-order chi connectivity index (χ0) is 14.1. The van der Waals surface area contributed by atoms with Crippen LogP contribution < -0.4 is 4.74 Å². The molecule has 0 aromatic heterocycles. The lowest BCUT2D eigenvalue weighted by molar-refractivity contribution is -0.108. The fraction of sp³-hybridized carbons (Fsp3) is 0.278. The Morgan fingerprint density at radius 1 is 1.15 bits per heavy atom. The zero-order valence-electron chi connectivity index (χ0n) is 11.8. The van der Waals surface area contributed by atoms with Crippen LogP contribution in [0.25, 0.3) is 0 Å². The van der Waals surface area contributed by atoms with Gasteiger partial charge in [0.2, 0.25) is 0 Å². The second-order valence-electron chi connectivity index (χ2n) is 5.55. The van der Waals surface area contributed by atoms with Gasteiger partial charge in [0.05, 0.1) is 5.92 Å². The molecule has 0 fully saturated rings. The van der Waals surface area contributed by atoms with Gasteiger partial charge < -0.3 is 9.53 Å². The quantitative estimate of drug-likeness (QED) is 0.767. The van der Waals surface area contributed by atoms with Crippen LogP contribution >= 0.6 is 0 Å². The molecule has 1 aliphatic rings. The first kappa shape index (κ1) is 12.9. The minimum atomic E-state index is -0.234. The monoisotopic (exact) mass is 266 g/mol. The van der Waals surface area contributed by atoms with Crippen molar-refractivity contribution >= 4 is 6.29 Å².